The molecular weight excluding hydrogens is 250 g/mol. The van der Waals surface area contributed by atoms with Crippen molar-refractivity contribution in [2.45, 2.75) is 0 Å². The Balaban J connectivity index is 1.85. The summed E-state index contributed by atoms with van der Waals surface area (Å²) >= 11 is 0. The van der Waals surface area contributed by atoms with Crippen molar-refractivity contribution in [2.24, 2.45) is 0 Å². The minimum Gasteiger partial charge on any atom is -0.423 e. The molecule has 20 heavy (non-hydrogen) atoms. The van der Waals surface area contributed by atoms with Crippen molar-refractivity contribution in [3.8, 4) is 5.75 Å². The summed E-state index contributed by atoms with van der Waals surface area (Å²) in [5, 5.41) is 2.15. The lowest BCUT2D eigenvalue weighted by molar-refractivity contribution is 0.0735. The Morgan fingerprint density at radius 3 is 2.30 bits per heavy atom. The molecule has 0 aliphatic heterocycles. The van der Waals surface area contributed by atoms with Crippen LogP contribution in [-0.4, -0.2) is 5.97 Å². The van der Waals surface area contributed by atoms with E-state index < -0.39 is 0 Å². The third kappa shape index (κ3) is 2.47. The molecule has 0 radical (unpaired) electrons. The molecule has 0 saturated carbocycles. The van der Waals surface area contributed by atoms with Crippen LogP contribution in [0.15, 0.2) is 66.7 Å². The predicted octanol–water partition coefficient (Wildman–Crippen LogP) is 3.64. The van der Waals surface area contributed by atoms with Crippen molar-refractivity contribution in [1.29, 1.82) is 0 Å². The number of carbonyl (C=O) groups excluding carboxylic acids is 1. The third-order valence-corrected chi connectivity index (χ3v) is 3.08. The molecule has 0 fully saturated rings. The van der Waals surface area contributed by atoms with Crippen LogP contribution in [0.4, 0.5) is 5.69 Å². The summed E-state index contributed by atoms with van der Waals surface area (Å²) < 4.78 is 5.37. The Bertz CT molecular complexity index is 763. The maximum absolute atomic E-state index is 12.0. The number of carbonyl (C=O) groups is 1. The highest BCUT2D eigenvalue weighted by Crippen LogP contribution is 2.21. The SMILES string of the molecule is Nc1ccc(C(=O)Oc2ccc3ccccc3c2)cc1. The average molecular weight is 263 g/mol. The van der Waals surface area contributed by atoms with Gasteiger partial charge in [0.25, 0.3) is 0 Å². The molecule has 3 heteroatoms. The van der Waals surface area contributed by atoms with E-state index in [0.717, 1.165) is 10.8 Å². The standard InChI is InChI=1S/C17H13NO2/c18-15-8-5-13(6-9-15)17(19)20-16-10-7-12-3-1-2-4-14(12)11-16/h1-11H,18H2. The first-order valence-electron chi connectivity index (χ1n) is 6.29. The van der Waals surface area contributed by atoms with Crippen LogP contribution in [0.3, 0.4) is 0 Å². The first-order valence-corrected chi connectivity index (χ1v) is 6.29. The zero-order valence-corrected chi connectivity index (χ0v) is 10.7. The first kappa shape index (κ1) is 12.2. The van der Waals surface area contributed by atoms with E-state index in [1.807, 2.05) is 36.4 Å². The highest BCUT2D eigenvalue weighted by molar-refractivity contribution is 5.92. The van der Waals surface area contributed by atoms with Gasteiger partial charge in [0.15, 0.2) is 0 Å². The van der Waals surface area contributed by atoms with Gasteiger partial charge in [0, 0.05) is 5.69 Å². The van der Waals surface area contributed by atoms with E-state index in [0.29, 0.717) is 17.0 Å². The Morgan fingerprint density at radius 2 is 1.55 bits per heavy atom. The van der Waals surface area contributed by atoms with Crippen LogP contribution in [0.5, 0.6) is 5.75 Å². The summed E-state index contributed by atoms with van der Waals surface area (Å²) in [6, 6.07) is 20.2. The van der Waals surface area contributed by atoms with Gasteiger partial charge in [0.05, 0.1) is 5.56 Å². The number of hydrogen-bond acceptors (Lipinski definition) is 3. The number of rotatable bonds is 2. The largest absolute Gasteiger partial charge is 0.423 e. The number of ether oxygens (including phenoxy) is 1. The first-order chi connectivity index (χ1) is 9.72. The van der Waals surface area contributed by atoms with Crippen molar-refractivity contribution in [1.82, 2.24) is 0 Å². The van der Waals surface area contributed by atoms with Gasteiger partial charge in [-0.15, -0.1) is 0 Å². The van der Waals surface area contributed by atoms with Gasteiger partial charge in [-0.05, 0) is 47.2 Å². The fourth-order valence-electron chi connectivity index (χ4n) is 2.02. The van der Waals surface area contributed by atoms with Gasteiger partial charge in [-0.2, -0.15) is 0 Å². The molecule has 98 valence electrons. The molecule has 0 aromatic heterocycles. The molecule has 0 amide bonds. The Morgan fingerprint density at radius 1 is 0.850 bits per heavy atom. The molecule has 0 aliphatic rings. The summed E-state index contributed by atoms with van der Waals surface area (Å²) in [7, 11) is 0. The van der Waals surface area contributed by atoms with Crippen LogP contribution in [0.25, 0.3) is 10.8 Å². The van der Waals surface area contributed by atoms with E-state index in [4.69, 9.17) is 10.5 Å². The highest BCUT2D eigenvalue weighted by atomic mass is 16.5. The summed E-state index contributed by atoms with van der Waals surface area (Å²) in [6.07, 6.45) is 0. The van der Waals surface area contributed by atoms with Gasteiger partial charge in [-0.1, -0.05) is 30.3 Å². The quantitative estimate of drug-likeness (QED) is 0.436. The van der Waals surface area contributed by atoms with Gasteiger partial charge >= 0.3 is 5.97 Å². The fraction of sp³-hybridized carbons (Fsp3) is 0. The molecular formula is C17H13NO2. The predicted molar refractivity (Wildman–Crippen MR) is 79.8 cm³/mol. The second-order valence-electron chi connectivity index (χ2n) is 4.52. The van der Waals surface area contributed by atoms with E-state index >= 15 is 0 Å². The van der Waals surface area contributed by atoms with Gasteiger partial charge in [-0.3, -0.25) is 0 Å². The van der Waals surface area contributed by atoms with E-state index in [1.54, 1.807) is 30.3 Å². The number of benzene rings is 3. The lowest BCUT2D eigenvalue weighted by Gasteiger charge is -2.06. The van der Waals surface area contributed by atoms with Gasteiger partial charge in [0.2, 0.25) is 0 Å². The van der Waals surface area contributed by atoms with Gasteiger partial charge < -0.3 is 10.5 Å². The summed E-state index contributed by atoms with van der Waals surface area (Å²) in [5.41, 5.74) is 6.69. The third-order valence-electron chi connectivity index (χ3n) is 3.08. The van der Waals surface area contributed by atoms with E-state index in [2.05, 4.69) is 0 Å². The van der Waals surface area contributed by atoms with Crippen LogP contribution in [0.2, 0.25) is 0 Å². The van der Waals surface area contributed by atoms with Crippen molar-refractivity contribution in [3.05, 3.63) is 72.3 Å². The van der Waals surface area contributed by atoms with Gasteiger partial charge in [-0.25, -0.2) is 4.79 Å². The normalized spacial score (nSPS) is 10.4. The Hall–Kier alpha value is -2.81. The number of anilines is 1. The van der Waals surface area contributed by atoms with Crippen molar-refractivity contribution in [3.63, 3.8) is 0 Å². The molecule has 0 atom stereocenters. The Kier molecular flexibility index (Phi) is 3.09. The number of esters is 1. The second-order valence-corrected chi connectivity index (χ2v) is 4.52. The van der Waals surface area contributed by atoms with Crippen molar-refractivity contribution < 1.29 is 9.53 Å². The van der Waals surface area contributed by atoms with Crippen molar-refractivity contribution >= 4 is 22.4 Å². The zero-order chi connectivity index (χ0) is 13.9. The molecule has 3 rings (SSSR count). The highest BCUT2D eigenvalue weighted by Gasteiger charge is 2.08. The Labute approximate surface area is 116 Å². The molecule has 3 aromatic rings. The maximum Gasteiger partial charge on any atom is 0.343 e. The molecule has 0 heterocycles. The van der Waals surface area contributed by atoms with Crippen LogP contribution in [0.1, 0.15) is 10.4 Å². The topological polar surface area (TPSA) is 52.3 Å². The van der Waals surface area contributed by atoms with Crippen LogP contribution >= 0.6 is 0 Å². The van der Waals surface area contributed by atoms with E-state index in [9.17, 15) is 4.79 Å². The second kappa shape index (κ2) is 5.05. The number of nitrogen functional groups attached to an aromatic ring is 1. The number of hydrogen-bond donors (Lipinski definition) is 1. The fourth-order valence-corrected chi connectivity index (χ4v) is 2.02. The lowest BCUT2D eigenvalue weighted by Crippen LogP contribution is -2.08. The van der Waals surface area contributed by atoms with Crippen LogP contribution in [-0.2, 0) is 0 Å². The van der Waals surface area contributed by atoms with E-state index in [1.165, 1.54) is 0 Å². The summed E-state index contributed by atoms with van der Waals surface area (Å²) in [4.78, 5) is 12.0. The van der Waals surface area contributed by atoms with E-state index in [-0.39, 0.29) is 5.97 Å². The molecule has 0 unspecified atom stereocenters. The molecule has 3 aromatic carbocycles. The summed E-state index contributed by atoms with van der Waals surface area (Å²) in [5.74, 6) is 0.144. The molecule has 0 bridgehead atoms. The smallest absolute Gasteiger partial charge is 0.343 e. The number of fused-ring (bicyclic) bond motifs is 1. The molecule has 2 N–H and O–H groups in total. The molecule has 3 nitrogen and oxygen atoms in total. The van der Waals surface area contributed by atoms with Crippen LogP contribution in [0, 0.1) is 0 Å². The average Bonchev–Trinajstić information content (AvgIpc) is 2.48. The minimum atomic E-state index is -0.389. The van der Waals surface area contributed by atoms with Crippen molar-refractivity contribution in [2.75, 3.05) is 5.73 Å². The number of nitrogens with two attached hydrogens (primary N) is 1. The minimum absolute atomic E-state index is 0.389. The van der Waals surface area contributed by atoms with Gasteiger partial charge in [0.1, 0.15) is 5.75 Å². The lowest BCUT2D eigenvalue weighted by atomic mass is 10.1. The maximum atomic E-state index is 12.0. The molecule has 0 aliphatic carbocycles. The molecule has 0 spiro atoms. The summed E-state index contributed by atoms with van der Waals surface area (Å²) in [6.45, 7) is 0. The zero-order valence-electron chi connectivity index (χ0n) is 10.7. The monoisotopic (exact) mass is 263 g/mol. The van der Waals surface area contributed by atoms with Crippen LogP contribution < -0.4 is 10.5 Å². The molecule has 0 saturated heterocycles.